The Hall–Kier alpha value is -3.18. The van der Waals surface area contributed by atoms with Gasteiger partial charge >= 0.3 is 0 Å². The van der Waals surface area contributed by atoms with Gasteiger partial charge < -0.3 is 14.8 Å². The average molecular weight is 457 g/mol. The Morgan fingerprint density at radius 2 is 2.00 bits per heavy atom. The Morgan fingerprint density at radius 1 is 1.19 bits per heavy atom. The molecule has 0 bridgehead atoms. The molecule has 31 heavy (non-hydrogen) atoms. The lowest BCUT2D eigenvalue weighted by atomic mass is 10.2. The van der Waals surface area contributed by atoms with Gasteiger partial charge in [0.15, 0.2) is 5.13 Å². The minimum atomic E-state index is -0.173. The highest BCUT2D eigenvalue weighted by atomic mass is 32.2. The van der Waals surface area contributed by atoms with E-state index in [1.165, 1.54) is 23.1 Å². The number of carbonyl (C=O) groups is 1. The summed E-state index contributed by atoms with van der Waals surface area (Å²) in [4.78, 5) is 16.9. The molecule has 160 valence electrons. The van der Waals surface area contributed by atoms with Crippen LogP contribution in [0.4, 0.5) is 5.13 Å². The molecule has 0 aliphatic carbocycles. The number of tetrazole rings is 1. The molecule has 0 saturated heterocycles. The van der Waals surface area contributed by atoms with E-state index in [1.807, 2.05) is 49.4 Å². The standard InChI is InChI=1S/C20H20N6O3S2/c1-3-29-15-8-9-16-17(10-15)31-19(21-16)22-18(27)12-30-20-23-24-25-26(20)11-13-4-6-14(28-2)7-5-13/h4-10H,3,11-12H2,1-2H3,(H,21,22,27). The summed E-state index contributed by atoms with van der Waals surface area (Å²) in [5.74, 6) is 1.57. The molecule has 11 heteroatoms. The molecule has 0 fully saturated rings. The van der Waals surface area contributed by atoms with Gasteiger partial charge in [0.05, 0.1) is 36.2 Å². The maximum Gasteiger partial charge on any atom is 0.236 e. The van der Waals surface area contributed by atoms with Gasteiger partial charge in [-0.2, -0.15) is 0 Å². The molecule has 9 nitrogen and oxygen atoms in total. The van der Waals surface area contributed by atoms with Crippen LogP contribution in [0.5, 0.6) is 11.5 Å². The van der Waals surface area contributed by atoms with Crippen molar-refractivity contribution >= 4 is 44.4 Å². The van der Waals surface area contributed by atoms with Crippen LogP contribution in [0.2, 0.25) is 0 Å². The van der Waals surface area contributed by atoms with Crippen LogP contribution in [-0.4, -0.2) is 50.6 Å². The van der Waals surface area contributed by atoms with Crippen LogP contribution in [-0.2, 0) is 11.3 Å². The molecule has 2 aromatic heterocycles. The highest BCUT2D eigenvalue weighted by molar-refractivity contribution is 7.99. The molecule has 4 rings (SSSR count). The van der Waals surface area contributed by atoms with Gasteiger partial charge in [-0.3, -0.25) is 4.79 Å². The smallest absolute Gasteiger partial charge is 0.236 e. The number of ether oxygens (including phenoxy) is 2. The SMILES string of the molecule is CCOc1ccc2nc(NC(=O)CSc3nnnn3Cc3ccc(OC)cc3)sc2c1. The number of rotatable bonds is 9. The molecule has 4 aromatic rings. The van der Waals surface area contributed by atoms with Crippen molar-refractivity contribution in [2.24, 2.45) is 0 Å². The second kappa shape index (κ2) is 9.75. The van der Waals surface area contributed by atoms with Crippen molar-refractivity contribution in [1.82, 2.24) is 25.2 Å². The maximum absolute atomic E-state index is 12.4. The number of hydrogen-bond acceptors (Lipinski definition) is 9. The molecule has 0 spiro atoms. The summed E-state index contributed by atoms with van der Waals surface area (Å²) >= 11 is 2.68. The summed E-state index contributed by atoms with van der Waals surface area (Å²) in [6, 6.07) is 13.3. The van der Waals surface area contributed by atoms with Crippen molar-refractivity contribution < 1.29 is 14.3 Å². The van der Waals surface area contributed by atoms with Crippen LogP contribution < -0.4 is 14.8 Å². The number of anilines is 1. The Balaban J connectivity index is 1.35. The summed E-state index contributed by atoms with van der Waals surface area (Å²) < 4.78 is 13.3. The Bertz CT molecular complexity index is 1180. The number of nitrogens with zero attached hydrogens (tertiary/aromatic N) is 5. The number of fused-ring (bicyclic) bond motifs is 1. The quantitative estimate of drug-likeness (QED) is 0.382. The van der Waals surface area contributed by atoms with E-state index in [4.69, 9.17) is 9.47 Å². The molecule has 0 aliphatic rings. The minimum Gasteiger partial charge on any atom is -0.497 e. The molecular weight excluding hydrogens is 436 g/mol. The Kier molecular flexibility index (Phi) is 6.63. The summed E-state index contributed by atoms with van der Waals surface area (Å²) in [5, 5.41) is 15.7. The molecule has 0 unspecified atom stereocenters. The van der Waals surface area contributed by atoms with Crippen molar-refractivity contribution in [3.8, 4) is 11.5 Å². The fourth-order valence-electron chi connectivity index (χ4n) is 2.80. The van der Waals surface area contributed by atoms with Crippen molar-refractivity contribution in [2.75, 3.05) is 24.8 Å². The molecule has 2 heterocycles. The van der Waals surface area contributed by atoms with E-state index in [1.54, 1.807) is 11.8 Å². The average Bonchev–Trinajstić information content (AvgIpc) is 3.38. The van der Waals surface area contributed by atoms with Crippen molar-refractivity contribution in [2.45, 2.75) is 18.6 Å². The first kappa shape index (κ1) is 21.1. The van der Waals surface area contributed by atoms with E-state index in [-0.39, 0.29) is 11.7 Å². The Morgan fingerprint density at radius 3 is 2.77 bits per heavy atom. The molecule has 0 radical (unpaired) electrons. The number of hydrogen-bond donors (Lipinski definition) is 1. The number of amides is 1. The lowest BCUT2D eigenvalue weighted by Gasteiger charge is -2.05. The highest BCUT2D eigenvalue weighted by Gasteiger charge is 2.13. The first-order valence-corrected chi connectivity index (χ1v) is 11.3. The van der Waals surface area contributed by atoms with Gasteiger partial charge in [0.1, 0.15) is 11.5 Å². The molecule has 1 amide bonds. The zero-order valence-corrected chi connectivity index (χ0v) is 18.6. The van der Waals surface area contributed by atoms with Crippen LogP contribution in [0.15, 0.2) is 47.6 Å². The van der Waals surface area contributed by atoms with E-state index < -0.39 is 0 Å². The topological polar surface area (TPSA) is 104 Å². The first-order chi connectivity index (χ1) is 15.1. The van der Waals surface area contributed by atoms with Crippen LogP contribution in [0.1, 0.15) is 12.5 Å². The Labute approximate surface area is 186 Å². The molecule has 0 aliphatic heterocycles. The third kappa shape index (κ3) is 5.30. The summed E-state index contributed by atoms with van der Waals surface area (Å²) in [6.45, 7) is 3.04. The molecular formula is C20H20N6O3S2. The molecule has 1 N–H and O–H groups in total. The lowest BCUT2D eigenvalue weighted by Crippen LogP contribution is -2.14. The highest BCUT2D eigenvalue weighted by Crippen LogP contribution is 2.29. The molecule has 2 aromatic carbocycles. The van der Waals surface area contributed by atoms with Gasteiger partial charge in [0.25, 0.3) is 0 Å². The van der Waals surface area contributed by atoms with Gasteiger partial charge in [-0.05, 0) is 53.2 Å². The second-order valence-electron chi connectivity index (χ2n) is 6.39. The van der Waals surface area contributed by atoms with Crippen LogP contribution in [0.3, 0.4) is 0 Å². The number of thiazole rings is 1. The number of aromatic nitrogens is 5. The van der Waals surface area contributed by atoms with Gasteiger partial charge in [0.2, 0.25) is 11.1 Å². The second-order valence-corrected chi connectivity index (χ2v) is 8.36. The van der Waals surface area contributed by atoms with Crippen LogP contribution in [0, 0.1) is 0 Å². The fraction of sp³-hybridized carbons (Fsp3) is 0.250. The zero-order chi connectivity index (χ0) is 21.6. The number of nitrogens with one attached hydrogen (secondary N) is 1. The number of thioether (sulfide) groups is 1. The fourth-order valence-corrected chi connectivity index (χ4v) is 4.39. The van der Waals surface area contributed by atoms with Crippen LogP contribution >= 0.6 is 23.1 Å². The van der Waals surface area contributed by atoms with Crippen LogP contribution in [0.25, 0.3) is 10.2 Å². The van der Waals surface area contributed by atoms with Gasteiger partial charge in [-0.1, -0.05) is 35.2 Å². The lowest BCUT2D eigenvalue weighted by molar-refractivity contribution is -0.113. The predicted molar refractivity (Wildman–Crippen MR) is 120 cm³/mol. The minimum absolute atomic E-state index is 0.170. The largest absolute Gasteiger partial charge is 0.497 e. The first-order valence-electron chi connectivity index (χ1n) is 9.49. The zero-order valence-electron chi connectivity index (χ0n) is 16.9. The van der Waals surface area contributed by atoms with E-state index in [2.05, 4.69) is 25.8 Å². The molecule has 0 saturated carbocycles. The number of carbonyl (C=O) groups excluding carboxylic acids is 1. The third-order valence-corrected chi connectivity index (χ3v) is 6.13. The van der Waals surface area contributed by atoms with Gasteiger partial charge in [-0.15, -0.1) is 5.10 Å². The number of methoxy groups -OCH3 is 1. The van der Waals surface area contributed by atoms with E-state index in [0.717, 1.165) is 27.3 Å². The van der Waals surface area contributed by atoms with Crippen molar-refractivity contribution in [3.63, 3.8) is 0 Å². The summed E-state index contributed by atoms with van der Waals surface area (Å²) in [7, 11) is 1.63. The number of benzene rings is 2. The maximum atomic E-state index is 12.4. The van der Waals surface area contributed by atoms with E-state index in [9.17, 15) is 4.79 Å². The third-order valence-electron chi connectivity index (χ3n) is 4.24. The summed E-state index contributed by atoms with van der Waals surface area (Å²) in [6.07, 6.45) is 0. The summed E-state index contributed by atoms with van der Waals surface area (Å²) in [5.41, 5.74) is 1.85. The monoisotopic (exact) mass is 456 g/mol. The van der Waals surface area contributed by atoms with Crippen molar-refractivity contribution in [1.29, 1.82) is 0 Å². The van der Waals surface area contributed by atoms with Gasteiger partial charge in [0, 0.05) is 0 Å². The van der Waals surface area contributed by atoms with E-state index in [0.29, 0.717) is 23.4 Å². The predicted octanol–water partition coefficient (Wildman–Crippen LogP) is 3.47. The van der Waals surface area contributed by atoms with E-state index >= 15 is 0 Å². The normalized spacial score (nSPS) is 10.9. The molecule has 0 atom stereocenters. The van der Waals surface area contributed by atoms with Gasteiger partial charge in [-0.25, -0.2) is 9.67 Å². The van der Waals surface area contributed by atoms with Crippen molar-refractivity contribution in [3.05, 3.63) is 48.0 Å².